The van der Waals surface area contributed by atoms with Crippen molar-refractivity contribution in [2.24, 2.45) is 0 Å². The quantitative estimate of drug-likeness (QED) is 0.919. The number of piperidine rings is 1. The fourth-order valence-electron chi connectivity index (χ4n) is 3.48. The predicted octanol–water partition coefficient (Wildman–Crippen LogP) is 2.53. The molecule has 1 saturated carbocycles. The van der Waals surface area contributed by atoms with Gasteiger partial charge in [-0.15, -0.1) is 0 Å². The van der Waals surface area contributed by atoms with E-state index in [9.17, 15) is 14.8 Å². The summed E-state index contributed by atoms with van der Waals surface area (Å²) >= 11 is 0. The van der Waals surface area contributed by atoms with Gasteiger partial charge in [-0.1, -0.05) is 11.2 Å². The third-order valence-electron chi connectivity index (χ3n) is 4.91. The SMILES string of the molecule is N#Cc1c(F)cccc1N1CCCC(O)(Cc2nc(C3CC3)no2)C1. The molecule has 1 atom stereocenters. The van der Waals surface area contributed by atoms with E-state index in [-0.39, 0.29) is 12.0 Å². The van der Waals surface area contributed by atoms with Crippen LogP contribution in [0.4, 0.5) is 10.1 Å². The molecule has 1 aliphatic carbocycles. The maximum absolute atomic E-state index is 13.9. The first kappa shape index (κ1) is 16.0. The zero-order chi connectivity index (χ0) is 17.4. The Hall–Kier alpha value is -2.46. The molecule has 2 heterocycles. The smallest absolute Gasteiger partial charge is 0.229 e. The Labute approximate surface area is 144 Å². The number of hydrogen-bond donors (Lipinski definition) is 1. The molecule has 1 aromatic heterocycles. The van der Waals surface area contributed by atoms with Crippen molar-refractivity contribution in [3.05, 3.63) is 41.3 Å². The Bertz CT molecular complexity index is 827. The standard InChI is InChI=1S/C18H19FN4O2/c19-14-3-1-4-15(13(14)10-20)23-8-2-7-18(24,11-23)9-16-21-17(22-25-16)12-5-6-12/h1,3-4,12,24H,2,5-9,11H2. The van der Waals surface area contributed by atoms with Crippen LogP contribution in [0.5, 0.6) is 0 Å². The molecule has 25 heavy (non-hydrogen) atoms. The van der Waals surface area contributed by atoms with Crippen LogP contribution in [-0.2, 0) is 6.42 Å². The lowest BCUT2D eigenvalue weighted by atomic mass is 9.89. The Kier molecular flexibility index (Phi) is 3.92. The molecule has 1 aliphatic heterocycles. The second-order valence-corrected chi connectivity index (χ2v) is 6.99. The zero-order valence-electron chi connectivity index (χ0n) is 13.8. The molecule has 1 N–H and O–H groups in total. The topological polar surface area (TPSA) is 86.2 Å². The molecule has 1 unspecified atom stereocenters. The summed E-state index contributed by atoms with van der Waals surface area (Å²) in [6.07, 6.45) is 3.78. The van der Waals surface area contributed by atoms with Crippen LogP contribution in [0.2, 0.25) is 0 Å². The monoisotopic (exact) mass is 342 g/mol. The van der Waals surface area contributed by atoms with E-state index in [1.165, 1.54) is 6.07 Å². The van der Waals surface area contributed by atoms with Gasteiger partial charge in [0.2, 0.25) is 5.89 Å². The van der Waals surface area contributed by atoms with Crippen molar-refractivity contribution in [3.8, 4) is 6.07 Å². The molecule has 130 valence electrons. The van der Waals surface area contributed by atoms with Crippen molar-refractivity contribution in [2.45, 2.75) is 43.6 Å². The highest BCUT2D eigenvalue weighted by Gasteiger charge is 2.37. The number of hydrogen-bond acceptors (Lipinski definition) is 6. The summed E-state index contributed by atoms with van der Waals surface area (Å²) < 4.78 is 19.2. The van der Waals surface area contributed by atoms with E-state index in [4.69, 9.17) is 4.52 Å². The van der Waals surface area contributed by atoms with Crippen molar-refractivity contribution in [1.29, 1.82) is 5.26 Å². The van der Waals surface area contributed by atoms with Crippen molar-refractivity contribution < 1.29 is 14.0 Å². The molecule has 2 aliphatic rings. The minimum Gasteiger partial charge on any atom is -0.388 e. The van der Waals surface area contributed by atoms with Crippen LogP contribution >= 0.6 is 0 Å². The van der Waals surface area contributed by atoms with Gasteiger partial charge in [-0.2, -0.15) is 10.2 Å². The lowest BCUT2D eigenvalue weighted by Crippen LogP contribution is -2.50. The van der Waals surface area contributed by atoms with Gasteiger partial charge in [0.05, 0.1) is 17.7 Å². The van der Waals surface area contributed by atoms with Crippen LogP contribution in [0.3, 0.4) is 0 Å². The largest absolute Gasteiger partial charge is 0.388 e. The summed E-state index contributed by atoms with van der Waals surface area (Å²) in [4.78, 5) is 6.25. The number of aliphatic hydroxyl groups is 1. The van der Waals surface area contributed by atoms with Crippen LogP contribution in [0, 0.1) is 17.1 Å². The zero-order valence-corrected chi connectivity index (χ0v) is 13.8. The summed E-state index contributed by atoms with van der Waals surface area (Å²) in [5.74, 6) is 1.02. The first-order valence-corrected chi connectivity index (χ1v) is 8.56. The number of nitrogens with zero attached hydrogens (tertiary/aromatic N) is 4. The number of anilines is 1. The number of β-amino-alcohol motifs (C(OH)–C–C–N with tert-alkyl or cyclic N) is 1. The van der Waals surface area contributed by atoms with E-state index in [0.717, 1.165) is 25.1 Å². The highest BCUT2D eigenvalue weighted by Crippen LogP contribution is 2.38. The molecular weight excluding hydrogens is 323 g/mol. The molecule has 0 spiro atoms. The molecule has 2 aromatic rings. The number of aromatic nitrogens is 2. The van der Waals surface area contributed by atoms with Gasteiger partial charge in [0, 0.05) is 19.0 Å². The third-order valence-corrected chi connectivity index (χ3v) is 4.91. The highest BCUT2D eigenvalue weighted by molar-refractivity contribution is 5.60. The lowest BCUT2D eigenvalue weighted by molar-refractivity contribution is 0.0193. The average Bonchev–Trinajstić information content (AvgIpc) is 3.35. The molecule has 0 amide bonds. The predicted molar refractivity (Wildman–Crippen MR) is 87.5 cm³/mol. The Morgan fingerprint density at radius 1 is 1.44 bits per heavy atom. The number of nitriles is 1. The molecular formula is C18H19FN4O2. The van der Waals surface area contributed by atoms with Crippen LogP contribution in [-0.4, -0.2) is 33.9 Å². The second kappa shape index (κ2) is 6.12. The molecule has 1 aromatic carbocycles. The summed E-state index contributed by atoms with van der Waals surface area (Å²) in [6, 6.07) is 6.49. The van der Waals surface area contributed by atoms with Crippen molar-refractivity contribution >= 4 is 5.69 Å². The van der Waals surface area contributed by atoms with E-state index >= 15 is 0 Å². The van der Waals surface area contributed by atoms with Crippen LogP contribution in [0.1, 0.15) is 48.9 Å². The Morgan fingerprint density at radius 3 is 3.04 bits per heavy atom. The van der Waals surface area contributed by atoms with Crippen molar-refractivity contribution in [3.63, 3.8) is 0 Å². The highest BCUT2D eigenvalue weighted by atomic mass is 19.1. The van der Waals surface area contributed by atoms with Gasteiger partial charge in [-0.05, 0) is 37.8 Å². The van der Waals surface area contributed by atoms with Gasteiger partial charge in [0.1, 0.15) is 17.4 Å². The minimum absolute atomic E-state index is 0.0144. The number of benzene rings is 1. The fourth-order valence-corrected chi connectivity index (χ4v) is 3.48. The van der Waals surface area contributed by atoms with Gasteiger partial charge >= 0.3 is 0 Å². The molecule has 4 rings (SSSR count). The summed E-state index contributed by atoms with van der Waals surface area (Å²) in [5.41, 5.74) is -0.504. The number of halogens is 1. The average molecular weight is 342 g/mol. The molecule has 0 bridgehead atoms. The Morgan fingerprint density at radius 2 is 2.28 bits per heavy atom. The maximum atomic E-state index is 13.9. The van der Waals surface area contributed by atoms with Crippen molar-refractivity contribution in [2.75, 3.05) is 18.0 Å². The molecule has 2 fully saturated rings. The van der Waals surface area contributed by atoms with Crippen LogP contribution < -0.4 is 4.90 Å². The van der Waals surface area contributed by atoms with E-state index in [1.807, 2.05) is 11.0 Å². The Balaban J connectivity index is 1.53. The second-order valence-electron chi connectivity index (χ2n) is 6.99. The van der Waals surface area contributed by atoms with Gasteiger partial charge in [-0.25, -0.2) is 4.39 Å². The molecule has 7 heteroatoms. The first-order chi connectivity index (χ1) is 12.1. The number of rotatable bonds is 4. The summed E-state index contributed by atoms with van der Waals surface area (Å²) in [7, 11) is 0. The van der Waals surface area contributed by atoms with E-state index in [0.29, 0.717) is 37.0 Å². The van der Waals surface area contributed by atoms with Gasteiger partial charge in [0.25, 0.3) is 0 Å². The van der Waals surface area contributed by atoms with Crippen LogP contribution in [0.25, 0.3) is 0 Å². The minimum atomic E-state index is -1.04. The van der Waals surface area contributed by atoms with Crippen LogP contribution in [0.15, 0.2) is 22.7 Å². The van der Waals surface area contributed by atoms with E-state index in [1.54, 1.807) is 12.1 Å². The van der Waals surface area contributed by atoms with E-state index < -0.39 is 11.4 Å². The fraction of sp³-hybridized carbons (Fsp3) is 0.500. The molecule has 6 nitrogen and oxygen atoms in total. The van der Waals surface area contributed by atoms with Gasteiger partial charge in [-0.3, -0.25) is 0 Å². The van der Waals surface area contributed by atoms with Gasteiger partial charge in [0.15, 0.2) is 5.82 Å². The first-order valence-electron chi connectivity index (χ1n) is 8.56. The molecule has 1 saturated heterocycles. The van der Waals surface area contributed by atoms with Crippen molar-refractivity contribution in [1.82, 2.24) is 10.1 Å². The van der Waals surface area contributed by atoms with Gasteiger partial charge < -0.3 is 14.5 Å². The third kappa shape index (κ3) is 3.22. The molecule has 0 radical (unpaired) electrons. The van der Waals surface area contributed by atoms with E-state index in [2.05, 4.69) is 10.1 Å². The maximum Gasteiger partial charge on any atom is 0.229 e. The normalized spacial score (nSPS) is 23.5. The summed E-state index contributed by atoms with van der Waals surface area (Å²) in [5, 5.41) is 24.2. The summed E-state index contributed by atoms with van der Waals surface area (Å²) in [6.45, 7) is 0.962. The lowest BCUT2D eigenvalue weighted by Gasteiger charge is -2.40.